The fourth-order valence-electron chi connectivity index (χ4n) is 0.946. The molecule has 0 aromatic carbocycles. The van der Waals surface area contributed by atoms with Crippen LogP contribution in [0.1, 0.15) is 6.42 Å². The molecule has 1 saturated heterocycles. The van der Waals surface area contributed by atoms with Crippen molar-refractivity contribution in [1.29, 1.82) is 0 Å². The maximum Gasteiger partial charge on any atom is 0.0724 e. The molecule has 2 N–H and O–H groups in total. The van der Waals surface area contributed by atoms with Crippen LogP contribution in [0.25, 0.3) is 0 Å². The van der Waals surface area contributed by atoms with Gasteiger partial charge in [-0.2, -0.15) is 0 Å². The van der Waals surface area contributed by atoms with Crippen LogP contribution in [0.5, 0.6) is 0 Å². The van der Waals surface area contributed by atoms with Gasteiger partial charge in [0.05, 0.1) is 6.10 Å². The van der Waals surface area contributed by atoms with Gasteiger partial charge in [0.15, 0.2) is 0 Å². The van der Waals surface area contributed by atoms with Gasteiger partial charge >= 0.3 is 0 Å². The molecule has 1 rings (SSSR count). The van der Waals surface area contributed by atoms with Crippen molar-refractivity contribution in [2.75, 3.05) is 20.2 Å². The smallest absolute Gasteiger partial charge is 0.0724 e. The summed E-state index contributed by atoms with van der Waals surface area (Å²) in [6.07, 6.45) is 1.45. The van der Waals surface area contributed by atoms with Crippen molar-refractivity contribution in [1.82, 2.24) is 5.01 Å². The second-order valence-corrected chi connectivity index (χ2v) is 2.14. The molecule has 48 valence electrons. The van der Waals surface area contributed by atoms with Crippen LogP contribution >= 0.6 is 0 Å². The van der Waals surface area contributed by atoms with E-state index < -0.39 is 0 Å². The van der Waals surface area contributed by atoms with Gasteiger partial charge in [-0.15, -0.1) is 0 Å². The van der Waals surface area contributed by atoms with Crippen LogP contribution in [0.3, 0.4) is 0 Å². The summed E-state index contributed by atoms with van der Waals surface area (Å²) in [5.74, 6) is 5.45. The predicted octanol–water partition coefficient (Wildman–Crippen LogP) is -0.419. The Morgan fingerprint density at radius 1 is 1.75 bits per heavy atom. The lowest BCUT2D eigenvalue weighted by Gasteiger charge is -2.06. The molecule has 0 aromatic heterocycles. The summed E-state index contributed by atoms with van der Waals surface area (Å²) in [6, 6.07) is 0. The molecule has 0 spiro atoms. The van der Waals surface area contributed by atoms with Crippen LogP contribution in [0.15, 0.2) is 0 Å². The van der Waals surface area contributed by atoms with Crippen molar-refractivity contribution >= 4 is 0 Å². The van der Waals surface area contributed by atoms with E-state index in [-0.39, 0.29) is 0 Å². The third-order valence-corrected chi connectivity index (χ3v) is 1.51. The first-order valence-electron chi connectivity index (χ1n) is 2.85. The Morgan fingerprint density at radius 2 is 2.50 bits per heavy atom. The number of hydrogen-bond donors (Lipinski definition) is 1. The first-order chi connectivity index (χ1) is 3.83. The first-order valence-corrected chi connectivity index (χ1v) is 2.85. The Hall–Kier alpha value is -0.120. The van der Waals surface area contributed by atoms with Crippen LogP contribution in [0.4, 0.5) is 0 Å². The van der Waals surface area contributed by atoms with Crippen molar-refractivity contribution in [3.05, 3.63) is 0 Å². The van der Waals surface area contributed by atoms with Gasteiger partial charge in [0.2, 0.25) is 0 Å². The van der Waals surface area contributed by atoms with Crippen molar-refractivity contribution in [2.45, 2.75) is 12.5 Å². The minimum Gasteiger partial charge on any atom is -0.380 e. The highest BCUT2D eigenvalue weighted by Crippen LogP contribution is 2.06. The van der Waals surface area contributed by atoms with Crippen molar-refractivity contribution < 1.29 is 4.74 Å². The molecule has 0 radical (unpaired) electrons. The van der Waals surface area contributed by atoms with Crippen LogP contribution in [-0.2, 0) is 4.74 Å². The van der Waals surface area contributed by atoms with Crippen molar-refractivity contribution in [3.8, 4) is 0 Å². The maximum absolute atomic E-state index is 5.45. The third-order valence-electron chi connectivity index (χ3n) is 1.51. The fourth-order valence-corrected chi connectivity index (χ4v) is 0.946. The summed E-state index contributed by atoms with van der Waals surface area (Å²) in [5, 5.41) is 1.79. The Kier molecular flexibility index (Phi) is 1.83. The Morgan fingerprint density at radius 3 is 2.75 bits per heavy atom. The quantitative estimate of drug-likeness (QED) is 0.473. The number of methoxy groups -OCH3 is 1. The summed E-state index contributed by atoms with van der Waals surface area (Å²) in [7, 11) is 1.73. The molecule has 1 aliphatic heterocycles. The Labute approximate surface area is 49.4 Å². The zero-order chi connectivity index (χ0) is 5.98. The monoisotopic (exact) mass is 116 g/mol. The SMILES string of the molecule is CO[C@H]1CCN(N)C1. The van der Waals surface area contributed by atoms with E-state index in [9.17, 15) is 0 Å². The average Bonchev–Trinajstić information content (AvgIpc) is 2.14. The number of hydrogen-bond acceptors (Lipinski definition) is 3. The van der Waals surface area contributed by atoms with E-state index in [0.717, 1.165) is 19.5 Å². The molecule has 1 aliphatic rings. The molecule has 0 bridgehead atoms. The van der Waals surface area contributed by atoms with E-state index in [1.807, 2.05) is 0 Å². The molecule has 0 aromatic rings. The molecule has 3 heteroatoms. The van der Waals surface area contributed by atoms with Crippen LogP contribution in [0.2, 0.25) is 0 Å². The van der Waals surface area contributed by atoms with Crippen LogP contribution in [-0.4, -0.2) is 31.3 Å². The summed E-state index contributed by atoms with van der Waals surface area (Å²) in [5.41, 5.74) is 0. The Balaban J connectivity index is 2.22. The molecular formula is C5H12N2O. The van der Waals surface area contributed by atoms with Gasteiger partial charge in [-0.05, 0) is 6.42 Å². The molecule has 3 nitrogen and oxygen atoms in total. The van der Waals surface area contributed by atoms with Gasteiger partial charge in [0.1, 0.15) is 0 Å². The van der Waals surface area contributed by atoms with E-state index >= 15 is 0 Å². The minimum absolute atomic E-state index is 0.375. The normalized spacial score (nSPS) is 31.5. The number of rotatable bonds is 1. The van der Waals surface area contributed by atoms with Gasteiger partial charge in [0.25, 0.3) is 0 Å². The van der Waals surface area contributed by atoms with Gasteiger partial charge < -0.3 is 4.74 Å². The lowest BCUT2D eigenvalue weighted by atomic mass is 10.3. The second-order valence-electron chi connectivity index (χ2n) is 2.14. The molecule has 1 heterocycles. The molecule has 1 fully saturated rings. The third kappa shape index (κ3) is 1.18. The lowest BCUT2D eigenvalue weighted by molar-refractivity contribution is 0.108. The number of nitrogens with zero attached hydrogens (tertiary/aromatic N) is 1. The average molecular weight is 116 g/mol. The number of ether oxygens (including phenoxy) is 1. The zero-order valence-corrected chi connectivity index (χ0v) is 5.13. The summed E-state index contributed by atoms with van der Waals surface area (Å²) in [4.78, 5) is 0. The fraction of sp³-hybridized carbons (Fsp3) is 1.00. The highest BCUT2D eigenvalue weighted by Gasteiger charge is 2.18. The highest BCUT2D eigenvalue weighted by atomic mass is 16.5. The van der Waals surface area contributed by atoms with Crippen LogP contribution in [0, 0.1) is 0 Å². The predicted molar refractivity (Wildman–Crippen MR) is 31.2 cm³/mol. The van der Waals surface area contributed by atoms with E-state index in [0.29, 0.717) is 6.10 Å². The Bertz CT molecular complexity index is 76.8. The molecule has 8 heavy (non-hydrogen) atoms. The van der Waals surface area contributed by atoms with E-state index in [1.54, 1.807) is 12.1 Å². The highest BCUT2D eigenvalue weighted by molar-refractivity contribution is 4.70. The standard InChI is InChI=1S/C5H12N2O/c1-8-5-2-3-7(6)4-5/h5H,2-4,6H2,1H3/t5-/m0/s1. The largest absolute Gasteiger partial charge is 0.380 e. The number of nitrogens with two attached hydrogens (primary N) is 1. The maximum atomic E-state index is 5.45. The van der Waals surface area contributed by atoms with E-state index in [2.05, 4.69) is 0 Å². The summed E-state index contributed by atoms with van der Waals surface area (Å²) in [6.45, 7) is 1.86. The van der Waals surface area contributed by atoms with Crippen molar-refractivity contribution in [2.24, 2.45) is 5.84 Å². The molecule has 1 atom stereocenters. The molecule has 0 unspecified atom stereocenters. The minimum atomic E-state index is 0.375. The molecule has 0 saturated carbocycles. The molecular weight excluding hydrogens is 104 g/mol. The summed E-state index contributed by atoms with van der Waals surface area (Å²) < 4.78 is 5.06. The van der Waals surface area contributed by atoms with Gasteiger partial charge in [-0.3, -0.25) is 5.84 Å². The zero-order valence-electron chi connectivity index (χ0n) is 5.13. The van der Waals surface area contributed by atoms with Gasteiger partial charge in [-0.25, -0.2) is 5.01 Å². The number of hydrazine groups is 1. The summed E-state index contributed by atoms with van der Waals surface area (Å²) >= 11 is 0. The van der Waals surface area contributed by atoms with E-state index in [1.165, 1.54) is 0 Å². The van der Waals surface area contributed by atoms with Gasteiger partial charge in [-0.1, -0.05) is 0 Å². The first kappa shape index (κ1) is 6.01. The molecule has 0 amide bonds. The second kappa shape index (κ2) is 2.44. The van der Waals surface area contributed by atoms with E-state index in [4.69, 9.17) is 10.6 Å². The topological polar surface area (TPSA) is 38.5 Å². The van der Waals surface area contributed by atoms with Gasteiger partial charge in [0, 0.05) is 20.2 Å². The van der Waals surface area contributed by atoms with Crippen molar-refractivity contribution in [3.63, 3.8) is 0 Å². The lowest BCUT2D eigenvalue weighted by Crippen LogP contribution is -2.29. The van der Waals surface area contributed by atoms with Crippen LogP contribution < -0.4 is 5.84 Å². The molecule has 0 aliphatic carbocycles.